The van der Waals surface area contributed by atoms with Crippen LogP contribution in [0.25, 0.3) is 0 Å². The van der Waals surface area contributed by atoms with Gasteiger partial charge in [0.1, 0.15) is 26.3 Å². The third-order valence-corrected chi connectivity index (χ3v) is 6.17. The zero-order valence-electron chi connectivity index (χ0n) is 22.3. The predicted octanol–water partition coefficient (Wildman–Crippen LogP) is 4.95. The van der Waals surface area contributed by atoms with Crippen LogP contribution in [0.15, 0.2) is 0 Å². The van der Waals surface area contributed by atoms with E-state index in [1.54, 1.807) is 0 Å². The fourth-order valence-corrected chi connectivity index (χ4v) is 3.65. The number of nitrogens with zero attached hydrogens (tertiary/aromatic N) is 2. The number of hydrogen-bond acceptors (Lipinski definition) is 4. The van der Waals surface area contributed by atoms with Gasteiger partial charge in [-0.3, -0.25) is 9.59 Å². The molecule has 6 heteroatoms. The lowest BCUT2D eigenvalue weighted by molar-refractivity contribution is -0.890. The zero-order valence-corrected chi connectivity index (χ0v) is 22.3. The van der Waals surface area contributed by atoms with Crippen LogP contribution in [0.5, 0.6) is 0 Å². The lowest BCUT2D eigenvalue weighted by Crippen LogP contribution is -2.43. The molecule has 190 valence electrons. The van der Waals surface area contributed by atoms with E-state index >= 15 is 0 Å². The van der Waals surface area contributed by atoms with Crippen LogP contribution in [0.1, 0.15) is 90.9 Å². The first-order valence-corrected chi connectivity index (χ1v) is 13.1. The Morgan fingerprint density at radius 2 is 0.906 bits per heavy atom. The summed E-state index contributed by atoms with van der Waals surface area (Å²) in [5.74, 6) is -0.321. The summed E-state index contributed by atoms with van der Waals surface area (Å²) in [6, 6.07) is 0. The zero-order chi connectivity index (χ0) is 24.3. The van der Waals surface area contributed by atoms with Gasteiger partial charge in [-0.2, -0.15) is 0 Å². The van der Waals surface area contributed by atoms with E-state index in [2.05, 4.69) is 42.0 Å². The predicted molar refractivity (Wildman–Crippen MR) is 132 cm³/mol. The average Bonchev–Trinajstić information content (AvgIpc) is 2.71. The highest BCUT2D eigenvalue weighted by molar-refractivity contribution is 5.70. The third kappa shape index (κ3) is 19.5. The Bertz CT molecular complexity index is 448. The maximum atomic E-state index is 11.9. The molecule has 0 heterocycles. The normalized spacial score (nSPS) is 12.1. The Morgan fingerprint density at radius 1 is 0.531 bits per heavy atom. The number of quaternary nitrogens is 2. The van der Waals surface area contributed by atoms with Crippen LogP contribution in [0.2, 0.25) is 0 Å². The van der Waals surface area contributed by atoms with Gasteiger partial charge in [-0.15, -0.1) is 0 Å². The van der Waals surface area contributed by atoms with Gasteiger partial charge in [0.05, 0.1) is 41.3 Å². The molecular formula is C26H54N2O4+2. The molecule has 0 saturated carbocycles. The lowest BCUT2D eigenvalue weighted by Gasteiger charge is -2.29. The molecule has 0 saturated heterocycles. The molecule has 0 aliphatic carbocycles. The molecule has 0 atom stereocenters. The monoisotopic (exact) mass is 458 g/mol. The summed E-state index contributed by atoms with van der Waals surface area (Å²) in [5.41, 5.74) is 0. The highest BCUT2D eigenvalue weighted by Gasteiger charge is 2.17. The van der Waals surface area contributed by atoms with Gasteiger partial charge in [0.15, 0.2) is 0 Å². The molecule has 32 heavy (non-hydrogen) atoms. The number of carbonyl (C=O) groups is 2. The lowest BCUT2D eigenvalue weighted by atomic mass is 10.2. The molecule has 0 amide bonds. The number of esters is 2. The van der Waals surface area contributed by atoms with Crippen molar-refractivity contribution in [3.63, 3.8) is 0 Å². The van der Waals surface area contributed by atoms with E-state index in [1.807, 2.05) is 0 Å². The number of hydrogen-bond donors (Lipinski definition) is 0. The van der Waals surface area contributed by atoms with Crippen LogP contribution in [0, 0.1) is 0 Å². The average molecular weight is 459 g/mol. The molecule has 0 aromatic heterocycles. The summed E-state index contributed by atoms with van der Waals surface area (Å²) in [4.78, 5) is 23.9. The van der Waals surface area contributed by atoms with Crippen LogP contribution in [0.4, 0.5) is 0 Å². The number of unbranched alkanes of at least 4 members (excludes halogenated alkanes) is 7. The van der Waals surface area contributed by atoms with Gasteiger partial charge in [-0.25, -0.2) is 0 Å². The largest absolute Gasteiger partial charge is 0.460 e. The minimum Gasteiger partial charge on any atom is -0.460 e. The number of likely N-dealkylation sites (N-methyl/N-ethyl adjacent to an activating group) is 2. The SMILES string of the molecule is CCCCCC[N+](C)(C)CCOC(=O)CCCCC(=O)OCC[N+](C)(C)CCCCCC. The number of rotatable bonds is 21. The van der Waals surface area contributed by atoms with Crippen molar-refractivity contribution in [1.82, 2.24) is 0 Å². The topological polar surface area (TPSA) is 52.6 Å². The van der Waals surface area contributed by atoms with Crippen molar-refractivity contribution >= 4 is 11.9 Å². The molecule has 0 N–H and O–H groups in total. The Balaban J connectivity index is 3.74. The molecule has 0 radical (unpaired) electrons. The van der Waals surface area contributed by atoms with E-state index in [4.69, 9.17) is 9.47 Å². The van der Waals surface area contributed by atoms with Crippen molar-refractivity contribution in [3.05, 3.63) is 0 Å². The van der Waals surface area contributed by atoms with Gasteiger partial charge in [0, 0.05) is 12.8 Å². The molecule has 0 fully saturated rings. The van der Waals surface area contributed by atoms with E-state index in [9.17, 15) is 9.59 Å². The minimum absolute atomic E-state index is 0.161. The molecule has 0 aliphatic heterocycles. The standard InChI is InChI=1S/C26H54N2O4/c1-7-9-11-15-19-27(3,4)21-23-31-25(29)17-13-14-18-26(30)32-24-22-28(5,6)20-16-12-10-8-2/h7-24H2,1-6H3/q+2. The first kappa shape index (κ1) is 30.9. The van der Waals surface area contributed by atoms with Crippen molar-refractivity contribution in [2.24, 2.45) is 0 Å². The van der Waals surface area contributed by atoms with Gasteiger partial charge in [0.2, 0.25) is 0 Å². The van der Waals surface area contributed by atoms with Gasteiger partial charge in [-0.05, 0) is 38.5 Å². The van der Waals surface area contributed by atoms with Gasteiger partial charge < -0.3 is 18.4 Å². The third-order valence-electron chi connectivity index (χ3n) is 6.17. The fraction of sp³-hybridized carbons (Fsp3) is 0.923. The van der Waals surface area contributed by atoms with Crippen molar-refractivity contribution in [2.45, 2.75) is 90.9 Å². The minimum atomic E-state index is -0.161. The Kier molecular flexibility index (Phi) is 17.7. The summed E-state index contributed by atoms with van der Waals surface area (Å²) >= 11 is 0. The van der Waals surface area contributed by atoms with E-state index in [-0.39, 0.29) is 11.9 Å². The summed E-state index contributed by atoms with van der Waals surface area (Å²) in [6.45, 7) is 9.31. The summed E-state index contributed by atoms with van der Waals surface area (Å²) in [6.07, 6.45) is 12.2. The highest BCUT2D eigenvalue weighted by Crippen LogP contribution is 2.08. The van der Waals surface area contributed by atoms with E-state index < -0.39 is 0 Å². The molecule has 6 nitrogen and oxygen atoms in total. The molecule has 0 rings (SSSR count). The Hall–Kier alpha value is -1.14. The Morgan fingerprint density at radius 3 is 1.25 bits per heavy atom. The van der Waals surface area contributed by atoms with Crippen molar-refractivity contribution in [3.8, 4) is 0 Å². The quantitative estimate of drug-likeness (QED) is 0.139. The molecule has 0 bridgehead atoms. The van der Waals surface area contributed by atoms with Gasteiger partial charge in [0.25, 0.3) is 0 Å². The number of ether oxygens (including phenoxy) is 2. The van der Waals surface area contributed by atoms with Gasteiger partial charge >= 0.3 is 11.9 Å². The molecule has 0 aliphatic rings. The van der Waals surface area contributed by atoms with E-state index in [0.29, 0.717) is 38.9 Å². The second-order valence-electron chi connectivity index (χ2n) is 10.5. The summed E-state index contributed by atoms with van der Waals surface area (Å²) < 4.78 is 12.6. The first-order chi connectivity index (χ1) is 15.1. The highest BCUT2D eigenvalue weighted by atomic mass is 16.5. The van der Waals surface area contributed by atoms with Crippen molar-refractivity contribution in [2.75, 3.05) is 67.6 Å². The molecule has 0 aromatic rings. The molecule has 0 unspecified atom stereocenters. The molecule has 0 spiro atoms. The second-order valence-corrected chi connectivity index (χ2v) is 10.5. The summed E-state index contributed by atoms with van der Waals surface area (Å²) in [5, 5.41) is 0. The molecular weight excluding hydrogens is 404 g/mol. The van der Waals surface area contributed by atoms with Crippen molar-refractivity contribution in [1.29, 1.82) is 0 Å². The number of carbonyl (C=O) groups excluding carboxylic acids is 2. The maximum Gasteiger partial charge on any atom is 0.305 e. The van der Waals surface area contributed by atoms with E-state index in [0.717, 1.165) is 35.1 Å². The maximum absolute atomic E-state index is 11.9. The van der Waals surface area contributed by atoms with E-state index in [1.165, 1.54) is 51.4 Å². The first-order valence-electron chi connectivity index (χ1n) is 13.1. The van der Waals surface area contributed by atoms with Crippen LogP contribution in [-0.2, 0) is 19.1 Å². The van der Waals surface area contributed by atoms with Crippen LogP contribution in [0.3, 0.4) is 0 Å². The van der Waals surface area contributed by atoms with Gasteiger partial charge in [-0.1, -0.05) is 39.5 Å². The van der Waals surface area contributed by atoms with Crippen LogP contribution in [-0.4, -0.2) is 88.5 Å². The van der Waals surface area contributed by atoms with Crippen LogP contribution < -0.4 is 0 Å². The Labute approximate surface area is 198 Å². The summed E-state index contributed by atoms with van der Waals surface area (Å²) in [7, 11) is 8.77. The fourth-order valence-electron chi connectivity index (χ4n) is 3.65. The molecule has 0 aromatic carbocycles. The van der Waals surface area contributed by atoms with Crippen LogP contribution >= 0.6 is 0 Å². The smallest absolute Gasteiger partial charge is 0.305 e. The second kappa shape index (κ2) is 18.3. The van der Waals surface area contributed by atoms with Crippen molar-refractivity contribution < 1.29 is 28.0 Å².